The second-order valence-corrected chi connectivity index (χ2v) is 4.26. The lowest BCUT2D eigenvalue weighted by atomic mass is 10.0. The van der Waals surface area contributed by atoms with Gasteiger partial charge in [-0.15, -0.1) is 0 Å². The first-order valence-electron chi connectivity index (χ1n) is 6.46. The van der Waals surface area contributed by atoms with Crippen molar-refractivity contribution in [3.63, 3.8) is 0 Å². The zero-order valence-electron chi connectivity index (χ0n) is 11.5. The third-order valence-corrected chi connectivity index (χ3v) is 2.91. The number of carbonyl (C=O) groups excluding carboxylic acids is 1. The van der Waals surface area contributed by atoms with Gasteiger partial charge in [-0.1, -0.05) is 12.2 Å². The van der Waals surface area contributed by atoms with Gasteiger partial charge in [0.15, 0.2) is 0 Å². The summed E-state index contributed by atoms with van der Waals surface area (Å²) in [6.07, 6.45) is 6.64. The smallest absolute Gasteiger partial charge is 0.309 e. The molecule has 0 aliphatic heterocycles. The van der Waals surface area contributed by atoms with Gasteiger partial charge in [-0.2, -0.15) is 0 Å². The van der Waals surface area contributed by atoms with Gasteiger partial charge in [0.2, 0.25) is 0 Å². The average molecular weight is 286 g/mol. The Bertz CT molecular complexity index is 710. The monoisotopic (exact) mass is 286 g/mol. The molecule has 0 unspecified atom stereocenters. The molecule has 1 aromatic carbocycles. The fourth-order valence-corrected chi connectivity index (χ4v) is 2.01. The first kappa shape index (κ1) is 14.6. The van der Waals surface area contributed by atoms with Crippen LogP contribution in [0.15, 0.2) is 36.7 Å². The van der Waals surface area contributed by atoms with Crippen molar-refractivity contribution in [1.82, 2.24) is 4.98 Å². The molecule has 0 saturated carbocycles. The number of aromatic nitrogens is 1. The average Bonchev–Trinajstić information content (AvgIpc) is 2.47. The number of nitro groups is 1. The van der Waals surface area contributed by atoms with Crippen molar-refractivity contribution in [2.75, 3.05) is 6.61 Å². The lowest BCUT2D eigenvalue weighted by Gasteiger charge is -2.03. The number of carbonyl (C=O) groups is 1. The Labute approximate surface area is 121 Å². The van der Waals surface area contributed by atoms with Gasteiger partial charge in [0.1, 0.15) is 0 Å². The Morgan fingerprint density at radius 1 is 1.38 bits per heavy atom. The van der Waals surface area contributed by atoms with Crippen molar-refractivity contribution in [3.8, 4) is 0 Å². The quantitative estimate of drug-likeness (QED) is 0.479. The minimum absolute atomic E-state index is 0.0145. The molecule has 6 nitrogen and oxygen atoms in total. The van der Waals surface area contributed by atoms with Gasteiger partial charge in [0, 0.05) is 18.5 Å². The van der Waals surface area contributed by atoms with E-state index in [1.165, 1.54) is 12.3 Å². The van der Waals surface area contributed by atoms with E-state index in [1.54, 1.807) is 37.4 Å². The Morgan fingerprint density at radius 3 is 2.90 bits per heavy atom. The van der Waals surface area contributed by atoms with Crippen LogP contribution < -0.4 is 0 Å². The summed E-state index contributed by atoms with van der Waals surface area (Å²) < 4.78 is 4.83. The van der Waals surface area contributed by atoms with E-state index in [4.69, 9.17) is 4.74 Å². The van der Waals surface area contributed by atoms with Gasteiger partial charge in [0.05, 0.1) is 23.3 Å². The predicted molar refractivity (Wildman–Crippen MR) is 78.7 cm³/mol. The molecule has 0 aliphatic carbocycles. The SMILES string of the molecule is CCOC(=O)CC=Cc1ccc([N+](=O)[O-])c2cnccc12. The number of non-ortho nitro benzene ring substituents is 1. The Balaban J connectivity index is 2.33. The molecule has 0 N–H and O–H groups in total. The summed E-state index contributed by atoms with van der Waals surface area (Å²) in [6.45, 7) is 2.09. The summed E-state index contributed by atoms with van der Waals surface area (Å²) in [6, 6.07) is 4.81. The second-order valence-electron chi connectivity index (χ2n) is 4.26. The van der Waals surface area contributed by atoms with Gasteiger partial charge in [0.25, 0.3) is 5.69 Å². The van der Waals surface area contributed by atoms with Gasteiger partial charge in [-0.3, -0.25) is 19.9 Å². The fourth-order valence-electron chi connectivity index (χ4n) is 2.01. The lowest BCUT2D eigenvalue weighted by molar-refractivity contribution is -0.383. The van der Waals surface area contributed by atoms with E-state index >= 15 is 0 Å². The largest absolute Gasteiger partial charge is 0.466 e. The van der Waals surface area contributed by atoms with Crippen molar-refractivity contribution in [2.45, 2.75) is 13.3 Å². The molecule has 0 bridgehead atoms. The van der Waals surface area contributed by atoms with Crippen LogP contribution in [-0.2, 0) is 9.53 Å². The topological polar surface area (TPSA) is 82.3 Å². The molecule has 0 radical (unpaired) electrons. The first-order valence-corrected chi connectivity index (χ1v) is 6.46. The van der Waals surface area contributed by atoms with Crippen molar-refractivity contribution in [2.24, 2.45) is 0 Å². The summed E-state index contributed by atoms with van der Waals surface area (Å²) in [7, 11) is 0. The molecule has 1 heterocycles. The summed E-state index contributed by atoms with van der Waals surface area (Å²) in [4.78, 5) is 25.8. The van der Waals surface area contributed by atoms with Crippen molar-refractivity contribution in [3.05, 3.63) is 52.3 Å². The summed E-state index contributed by atoms with van der Waals surface area (Å²) >= 11 is 0. The molecule has 2 aromatic rings. The van der Waals surface area contributed by atoms with Crippen LogP contribution in [0.4, 0.5) is 5.69 Å². The van der Waals surface area contributed by atoms with E-state index in [-0.39, 0.29) is 18.1 Å². The molecule has 2 rings (SSSR count). The maximum atomic E-state index is 11.3. The van der Waals surface area contributed by atoms with Crippen molar-refractivity contribution >= 4 is 28.5 Å². The van der Waals surface area contributed by atoms with E-state index in [0.717, 1.165) is 10.9 Å². The number of ether oxygens (including phenoxy) is 1. The van der Waals surface area contributed by atoms with Crippen molar-refractivity contribution < 1.29 is 14.5 Å². The van der Waals surface area contributed by atoms with Crippen LogP contribution in [0.1, 0.15) is 18.9 Å². The molecule has 0 spiro atoms. The normalized spacial score (nSPS) is 10.9. The molecule has 1 aromatic heterocycles. The highest BCUT2D eigenvalue weighted by atomic mass is 16.6. The maximum Gasteiger partial charge on any atom is 0.309 e. The second kappa shape index (κ2) is 6.60. The van der Waals surface area contributed by atoms with Crippen LogP contribution in [0.25, 0.3) is 16.8 Å². The molecule has 0 saturated heterocycles. The Hall–Kier alpha value is -2.76. The number of esters is 1. The van der Waals surface area contributed by atoms with Gasteiger partial charge in [-0.05, 0) is 30.0 Å². The standard InChI is InChI=1S/C15H14N2O4/c1-2-21-15(18)5-3-4-11-6-7-14(17(19)20)13-10-16-9-8-12(11)13/h3-4,6-10H,2,5H2,1H3. The number of rotatable bonds is 5. The van der Waals surface area contributed by atoms with Crippen LogP contribution >= 0.6 is 0 Å². The molecule has 0 atom stereocenters. The number of pyridine rings is 1. The number of nitrogens with zero attached hydrogens (tertiary/aromatic N) is 2. The first-order chi connectivity index (χ1) is 10.1. The summed E-state index contributed by atoms with van der Waals surface area (Å²) in [5, 5.41) is 12.2. The lowest BCUT2D eigenvalue weighted by Crippen LogP contribution is -2.01. The van der Waals surface area contributed by atoms with Crippen LogP contribution in [-0.4, -0.2) is 22.5 Å². The van der Waals surface area contributed by atoms with E-state index < -0.39 is 4.92 Å². The number of benzene rings is 1. The highest BCUT2D eigenvalue weighted by Gasteiger charge is 2.13. The van der Waals surface area contributed by atoms with Crippen LogP contribution in [0.5, 0.6) is 0 Å². The molecule has 0 amide bonds. The van der Waals surface area contributed by atoms with Gasteiger partial charge in [-0.25, -0.2) is 0 Å². The molecule has 0 fully saturated rings. The third-order valence-electron chi connectivity index (χ3n) is 2.91. The molecule has 108 valence electrons. The Kier molecular flexibility index (Phi) is 4.61. The van der Waals surface area contributed by atoms with Gasteiger partial charge < -0.3 is 4.74 Å². The van der Waals surface area contributed by atoms with Crippen LogP contribution in [0.3, 0.4) is 0 Å². The number of hydrogen-bond donors (Lipinski definition) is 0. The third kappa shape index (κ3) is 3.42. The summed E-state index contributed by atoms with van der Waals surface area (Å²) in [5.41, 5.74) is 0.808. The molecular weight excluding hydrogens is 272 g/mol. The molecular formula is C15H14N2O4. The minimum Gasteiger partial charge on any atom is -0.466 e. The molecule has 21 heavy (non-hydrogen) atoms. The van der Waals surface area contributed by atoms with Crippen LogP contribution in [0, 0.1) is 10.1 Å². The van der Waals surface area contributed by atoms with Crippen LogP contribution in [0.2, 0.25) is 0 Å². The maximum absolute atomic E-state index is 11.3. The minimum atomic E-state index is -0.434. The highest BCUT2D eigenvalue weighted by Crippen LogP contribution is 2.28. The molecule has 6 heteroatoms. The Morgan fingerprint density at radius 2 is 2.19 bits per heavy atom. The highest BCUT2D eigenvalue weighted by molar-refractivity contribution is 5.96. The fraction of sp³-hybridized carbons (Fsp3) is 0.200. The van der Waals surface area contributed by atoms with Crippen molar-refractivity contribution in [1.29, 1.82) is 0 Å². The summed E-state index contributed by atoms with van der Waals surface area (Å²) in [5.74, 6) is -0.304. The number of fused-ring (bicyclic) bond motifs is 1. The van der Waals surface area contributed by atoms with E-state index in [1.807, 2.05) is 0 Å². The molecule has 0 aliphatic rings. The van der Waals surface area contributed by atoms with E-state index in [0.29, 0.717) is 12.0 Å². The van der Waals surface area contributed by atoms with E-state index in [2.05, 4.69) is 4.98 Å². The number of hydrogen-bond acceptors (Lipinski definition) is 5. The predicted octanol–water partition coefficient (Wildman–Crippen LogP) is 3.11. The zero-order chi connectivity index (χ0) is 15.2. The zero-order valence-corrected chi connectivity index (χ0v) is 11.5. The van der Waals surface area contributed by atoms with E-state index in [9.17, 15) is 14.9 Å². The number of nitro benzene ring substituents is 1. The van der Waals surface area contributed by atoms with Gasteiger partial charge >= 0.3 is 5.97 Å².